The molecule has 1 aliphatic rings. The quantitative estimate of drug-likeness (QED) is 0.658. The second-order valence-corrected chi connectivity index (χ2v) is 5.99. The van der Waals surface area contributed by atoms with Crippen LogP contribution in [0.15, 0.2) is 27.9 Å². The molecule has 0 atom stereocenters. The molecule has 3 rings (SSSR count). The Balaban J connectivity index is 1.77. The first-order chi connectivity index (χ1) is 10.1. The molecule has 1 saturated heterocycles. The molecule has 0 unspecified atom stereocenters. The van der Waals surface area contributed by atoms with Crippen LogP contribution >= 0.6 is 15.9 Å². The van der Waals surface area contributed by atoms with Gasteiger partial charge in [-0.2, -0.15) is 0 Å². The zero-order valence-corrected chi connectivity index (χ0v) is 13.5. The van der Waals surface area contributed by atoms with E-state index in [4.69, 9.17) is 10.5 Å². The second kappa shape index (κ2) is 6.03. The van der Waals surface area contributed by atoms with Crippen molar-refractivity contribution < 1.29 is 4.74 Å². The SMILES string of the molecule is Cc1cc(Br)cn2cc(CN=C(N)N3CCOCC3)nc12. The number of rotatable bonds is 2. The van der Waals surface area contributed by atoms with Gasteiger partial charge >= 0.3 is 0 Å². The molecule has 2 N–H and O–H groups in total. The van der Waals surface area contributed by atoms with Crippen LogP contribution < -0.4 is 5.73 Å². The number of aryl methyl sites for hydroxylation is 1. The Labute approximate surface area is 131 Å². The first-order valence-electron chi connectivity index (χ1n) is 6.90. The lowest BCUT2D eigenvalue weighted by molar-refractivity contribution is 0.0674. The average Bonchev–Trinajstić information content (AvgIpc) is 2.89. The van der Waals surface area contributed by atoms with Gasteiger partial charge < -0.3 is 19.8 Å². The highest BCUT2D eigenvalue weighted by atomic mass is 79.9. The summed E-state index contributed by atoms with van der Waals surface area (Å²) in [5.41, 5.74) is 9.01. The van der Waals surface area contributed by atoms with Gasteiger partial charge in [0.15, 0.2) is 5.96 Å². The smallest absolute Gasteiger partial charge is 0.191 e. The lowest BCUT2D eigenvalue weighted by Gasteiger charge is -2.27. The Morgan fingerprint density at radius 1 is 1.43 bits per heavy atom. The molecule has 1 aliphatic heterocycles. The molecule has 1 fully saturated rings. The first-order valence-corrected chi connectivity index (χ1v) is 7.69. The van der Waals surface area contributed by atoms with Crippen molar-refractivity contribution in [2.45, 2.75) is 13.5 Å². The van der Waals surface area contributed by atoms with Crippen molar-refractivity contribution in [1.82, 2.24) is 14.3 Å². The molecule has 2 aromatic rings. The molecule has 112 valence electrons. The minimum absolute atomic E-state index is 0.488. The molecule has 0 amide bonds. The second-order valence-electron chi connectivity index (χ2n) is 5.08. The van der Waals surface area contributed by atoms with Crippen LogP contribution in [0.5, 0.6) is 0 Å². The van der Waals surface area contributed by atoms with Crippen LogP contribution in [0, 0.1) is 6.92 Å². The number of pyridine rings is 1. The third kappa shape index (κ3) is 3.19. The Bertz CT molecular complexity index is 675. The van der Waals surface area contributed by atoms with Gasteiger partial charge in [0.1, 0.15) is 5.65 Å². The van der Waals surface area contributed by atoms with Gasteiger partial charge in [-0.3, -0.25) is 0 Å². The number of guanidine groups is 1. The zero-order valence-electron chi connectivity index (χ0n) is 11.9. The fraction of sp³-hybridized carbons (Fsp3) is 0.429. The maximum atomic E-state index is 6.02. The molecule has 2 aromatic heterocycles. The molecule has 0 aliphatic carbocycles. The molecule has 0 bridgehead atoms. The molecule has 0 radical (unpaired) electrons. The zero-order chi connectivity index (χ0) is 14.8. The summed E-state index contributed by atoms with van der Waals surface area (Å²) in [5.74, 6) is 0.563. The molecule has 6 nitrogen and oxygen atoms in total. The predicted octanol–water partition coefficient (Wildman–Crippen LogP) is 1.55. The summed E-state index contributed by atoms with van der Waals surface area (Å²) in [5, 5.41) is 0. The van der Waals surface area contributed by atoms with Gasteiger partial charge in [-0.05, 0) is 34.5 Å². The van der Waals surface area contributed by atoms with Crippen LogP contribution in [0.2, 0.25) is 0 Å². The minimum atomic E-state index is 0.488. The summed E-state index contributed by atoms with van der Waals surface area (Å²) in [6.45, 7) is 5.54. The van der Waals surface area contributed by atoms with E-state index in [2.05, 4.69) is 32.0 Å². The van der Waals surface area contributed by atoms with Crippen LogP contribution in [0.1, 0.15) is 11.3 Å². The highest BCUT2D eigenvalue weighted by Gasteiger charge is 2.12. The molecule has 3 heterocycles. The van der Waals surface area contributed by atoms with E-state index < -0.39 is 0 Å². The van der Waals surface area contributed by atoms with Crippen molar-refractivity contribution in [3.8, 4) is 0 Å². The van der Waals surface area contributed by atoms with E-state index in [1.54, 1.807) is 0 Å². The highest BCUT2D eigenvalue weighted by molar-refractivity contribution is 9.10. The van der Waals surface area contributed by atoms with Crippen LogP contribution in [0.4, 0.5) is 0 Å². The summed E-state index contributed by atoms with van der Waals surface area (Å²) in [6, 6.07) is 2.05. The van der Waals surface area contributed by atoms with E-state index in [9.17, 15) is 0 Å². The van der Waals surface area contributed by atoms with Crippen LogP contribution in [0.3, 0.4) is 0 Å². The standard InChI is InChI=1S/C14H18BrN5O/c1-10-6-11(15)8-20-9-12(18-13(10)20)7-17-14(16)19-2-4-21-5-3-19/h6,8-9H,2-5,7H2,1H3,(H2,16,17). The summed E-state index contributed by atoms with van der Waals surface area (Å²) in [7, 11) is 0. The van der Waals surface area contributed by atoms with E-state index in [0.717, 1.165) is 34.5 Å². The van der Waals surface area contributed by atoms with Crippen LogP contribution in [-0.4, -0.2) is 46.5 Å². The van der Waals surface area contributed by atoms with Gasteiger partial charge in [-0.1, -0.05) is 0 Å². The fourth-order valence-corrected chi connectivity index (χ4v) is 2.97. The largest absolute Gasteiger partial charge is 0.378 e. The van der Waals surface area contributed by atoms with Gasteiger partial charge in [-0.25, -0.2) is 9.98 Å². The van der Waals surface area contributed by atoms with E-state index in [1.807, 2.05) is 28.6 Å². The van der Waals surface area contributed by atoms with Crippen LogP contribution in [0.25, 0.3) is 5.65 Å². The maximum absolute atomic E-state index is 6.02. The fourth-order valence-electron chi connectivity index (χ4n) is 2.41. The van der Waals surface area contributed by atoms with E-state index in [1.165, 1.54) is 0 Å². The number of morpholine rings is 1. The van der Waals surface area contributed by atoms with E-state index in [0.29, 0.717) is 25.7 Å². The third-order valence-electron chi connectivity index (χ3n) is 3.49. The van der Waals surface area contributed by atoms with Gasteiger partial charge in [0.05, 0.1) is 25.5 Å². The number of aromatic nitrogens is 2. The molecular weight excluding hydrogens is 334 g/mol. The topological polar surface area (TPSA) is 68.2 Å². The molecule has 0 aromatic carbocycles. The molecule has 0 saturated carbocycles. The number of imidazole rings is 1. The van der Waals surface area contributed by atoms with Crippen molar-refractivity contribution in [2.24, 2.45) is 10.7 Å². The lowest BCUT2D eigenvalue weighted by atomic mass is 10.3. The van der Waals surface area contributed by atoms with Crippen molar-refractivity contribution in [1.29, 1.82) is 0 Å². The van der Waals surface area contributed by atoms with Gasteiger partial charge in [-0.15, -0.1) is 0 Å². The number of fused-ring (bicyclic) bond motifs is 1. The number of halogens is 1. The maximum Gasteiger partial charge on any atom is 0.191 e. The molecular formula is C14H18BrN5O. The molecule has 7 heteroatoms. The number of ether oxygens (including phenoxy) is 1. The Hall–Kier alpha value is -1.60. The van der Waals surface area contributed by atoms with Gasteiger partial charge in [0.25, 0.3) is 0 Å². The lowest BCUT2D eigenvalue weighted by Crippen LogP contribution is -2.44. The van der Waals surface area contributed by atoms with Crippen molar-refractivity contribution in [2.75, 3.05) is 26.3 Å². The average molecular weight is 352 g/mol. The molecule has 0 spiro atoms. The van der Waals surface area contributed by atoms with Crippen molar-refractivity contribution in [3.63, 3.8) is 0 Å². The van der Waals surface area contributed by atoms with Gasteiger partial charge in [0, 0.05) is 30.0 Å². The number of aliphatic imine (C=N–C) groups is 1. The normalized spacial score (nSPS) is 16.7. The monoisotopic (exact) mass is 351 g/mol. The Morgan fingerprint density at radius 3 is 2.95 bits per heavy atom. The van der Waals surface area contributed by atoms with Crippen molar-refractivity contribution >= 4 is 27.5 Å². The Morgan fingerprint density at radius 2 is 2.19 bits per heavy atom. The van der Waals surface area contributed by atoms with Crippen molar-refractivity contribution in [3.05, 3.63) is 34.2 Å². The molecule has 21 heavy (non-hydrogen) atoms. The summed E-state index contributed by atoms with van der Waals surface area (Å²) >= 11 is 3.49. The minimum Gasteiger partial charge on any atom is -0.378 e. The third-order valence-corrected chi connectivity index (χ3v) is 3.92. The summed E-state index contributed by atoms with van der Waals surface area (Å²) in [4.78, 5) is 11.1. The summed E-state index contributed by atoms with van der Waals surface area (Å²) in [6.07, 6.45) is 3.98. The highest BCUT2D eigenvalue weighted by Crippen LogP contribution is 2.17. The van der Waals surface area contributed by atoms with Gasteiger partial charge in [0.2, 0.25) is 0 Å². The number of nitrogens with two attached hydrogens (primary N) is 1. The van der Waals surface area contributed by atoms with E-state index in [-0.39, 0.29) is 0 Å². The number of hydrogen-bond acceptors (Lipinski definition) is 3. The first kappa shape index (κ1) is 14.3. The summed E-state index contributed by atoms with van der Waals surface area (Å²) < 4.78 is 8.35. The van der Waals surface area contributed by atoms with E-state index >= 15 is 0 Å². The number of nitrogens with zero attached hydrogens (tertiary/aromatic N) is 4. The Kier molecular flexibility index (Phi) is 4.12. The number of hydrogen-bond donors (Lipinski definition) is 1. The predicted molar refractivity (Wildman–Crippen MR) is 85.3 cm³/mol. The van der Waals surface area contributed by atoms with Crippen LogP contribution in [-0.2, 0) is 11.3 Å².